The van der Waals surface area contributed by atoms with Crippen LogP contribution in [0.2, 0.25) is 0 Å². The standard InChI is InChI=1S/C20H15N3O7S/c1-13-10-11-15(17(12-13)23(27)28)21-20(24)14-6-2-4-8-18(14)31(29,30)19-9-5-3-7-16(19)22(25)26/h2-12H,1H3,(H,21,24). The lowest BCUT2D eigenvalue weighted by molar-refractivity contribution is -0.387. The fourth-order valence-electron chi connectivity index (χ4n) is 2.93. The minimum Gasteiger partial charge on any atom is -0.316 e. The quantitative estimate of drug-likeness (QED) is 0.450. The summed E-state index contributed by atoms with van der Waals surface area (Å²) >= 11 is 0. The number of aryl methyl sites for hydroxylation is 1. The zero-order valence-corrected chi connectivity index (χ0v) is 16.8. The fourth-order valence-corrected chi connectivity index (χ4v) is 4.55. The number of nitrogens with one attached hydrogen (secondary N) is 1. The maximum absolute atomic E-state index is 13.2. The number of anilines is 1. The molecule has 0 saturated carbocycles. The first-order valence-electron chi connectivity index (χ1n) is 8.77. The van der Waals surface area contributed by atoms with Crippen LogP contribution in [-0.2, 0) is 9.84 Å². The van der Waals surface area contributed by atoms with Gasteiger partial charge in [-0.15, -0.1) is 0 Å². The van der Waals surface area contributed by atoms with Gasteiger partial charge in [0.25, 0.3) is 17.3 Å². The largest absolute Gasteiger partial charge is 0.316 e. The summed E-state index contributed by atoms with van der Waals surface area (Å²) in [4.78, 5) is 32.9. The molecule has 1 N–H and O–H groups in total. The van der Waals surface area contributed by atoms with E-state index in [0.29, 0.717) is 5.56 Å². The van der Waals surface area contributed by atoms with Crippen LogP contribution in [0.4, 0.5) is 17.1 Å². The van der Waals surface area contributed by atoms with Gasteiger partial charge in [-0.05, 0) is 36.8 Å². The molecule has 0 fully saturated rings. The Morgan fingerprint density at radius 2 is 1.42 bits per heavy atom. The fraction of sp³-hybridized carbons (Fsp3) is 0.0500. The van der Waals surface area contributed by atoms with Crippen LogP contribution >= 0.6 is 0 Å². The molecule has 11 heteroatoms. The van der Waals surface area contributed by atoms with Crippen LogP contribution in [-0.4, -0.2) is 24.2 Å². The van der Waals surface area contributed by atoms with Gasteiger partial charge in [0.2, 0.25) is 9.84 Å². The molecule has 0 aliphatic rings. The van der Waals surface area contributed by atoms with E-state index >= 15 is 0 Å². The Kier molecular flexibility index (Phi) is 5.79. The Hall–Kier alpha value is -4.12. The van der Waals surface area contributed by atoms with E-state index in [1.807, 2.05) is 0 Å². The number of amides is 1. The van der Waals surface area contributed by atoms with Crippen molar-refractivity contribution < 1.29 is 23.1 Å². The summed E-state index contributed by atoms with van der Waals surface area (Å²) in [7, 11) is -4.45. The third kappa shape index (κ3) is 4.26. The van der Waals surface area contributed by atoms with Gasteiger partial charge in [0.1, 0.15) is 10.6 Å². The number of nitro groups is 2. The van der Waals surface area contributed by atoms with Gasteiger partial charge < -0.3 is 5.32 Å². The number of rotatable bonds is 6. The molecular formula is C20H15N3O7S. The zero-order valence-electron chi connectivity index (χ0n) is 16.0. The van der Waals surface area contributed by atoms with E-state index in [9.17, 15) is 33.4 Å². The zero-order chi connectivity index (χ0) is 22.8. The van der Waals surface area contributed by atoms with E-state index < -0.39 is 41.1 Å². The minimum atomic E-state index is -4.45. The van der Waals surface area contributed by atoms with Crippen molar-refractivity contribution in [1.82, 2.24) is 0 Å². The van der Waals surface area contributed by atoms with Gasteiger partial charge in [-0.1, -0.05) is 30.3 Å². The van der Waals surface area contributed by atoms with Gasteiger partial charge in [-0.3, -0.25) is 25.0 Å². The van der Waals surface area contributed by atoms with Crippen LogP contribution in [0.5, 0.6) is 0 Å². The smallest absolute Gasteiger partial charge is 0.293 e. The van der Waals surface area contributed by atoms with Gasteiger partial charge >= 0.3 is 0 Å². The second kappa shape index (κ2) is 8.32. The van der Waals surface area contributed by atoms with Crippen LogP contribution in [0, 0.1) is 27.2 Å². The SMILES string of the molecule is Cc1ccc(NC(=O)c2ccccc2S(=O)(=O)c2ccccc2[N+](=O)[O-])c([N+](=O)[O-])c1. The molecule has 3 aromatic carbocycles. The third-order valence-corrected chi connectivity index (χ3v) is 6.23. The van der Waals surface area contributed by atoms with Gasteiger partial charge in [0.15, 0.2) is 0 Å². The lowest BCUT2D eigenvalue weighted by Gasteiger charge is -2.12. The van der Waals surface area contributed by atoms with Gasteiger partial charge in [-0.25, -0.2) is 8.42 Å². The lowest BCUT2D eigenvalue weighted by Crippen LogP contribution is -2.17. The number of nitro benzene ring substituents is 2. The maximum atomic E-state index is 13.2. The minimum absolute atomic E-state index is 0.113. The van der Waals surface area contributed by atoms with Crippen molar-refractivity contribution in [3.63, 3.8) is 0 Å². The molecule has 0 aliphatic heterocycles. The highest BCUT2D eigenvalue weighted by Crippen LogP contribution is 2.32. The van der Waals surface area contributed by atoms with E-state index in [2.05, 4.69) is 5.32 Å². The van der Waals surface area contributed by atoms with E-state index in [0.717, 1.165) is 18.2 Å². The second-order valence-electron chi connectivity index (χ2n) is 6.46. The molecule has 3 rings (SSSR count). The predicted octanol–water partition coefficient (Wildman–Crippen LogP) is 3.90. The van der Waals surface area contributed by atoms with Crippen LogP contribution in [0.3, 0.4) is 0 Å². The van der Waals surface area contributed by atoms with E-state index in [1.165, 1.54) is 42.5 Å². The molecule has 0 aromatic heterocycles. The molecule has 1 amide bonds. The first-order chi connectivity index (χ1) is 14.6. The Morgan fingerprint density at radius 3 is 2.06 bits per heavy atom. The van der Waals surface area contributed by atoms with Crippen molar-refractivity contribution in [2.75, 3.05) is 5.32 Å². The number of para-hydroxylation sites is 1. The topological polar surface area (TPSA) is 150 Å². The molecule has 0 unspecified atom stereocenters. The van der Waals surface area contributed by atoms with Crippen molar-refractivity contribution in [3.05, 3.63) is 98.1 Å². The summed E-state index contributed by atoms with van der Waals surface area (Å²) in [6.45, 7) is 1.65. The third-order valence-electron chi connectivity index (χ3n) is 4.37. The maximum Gasteiger partial charge on any atom is 0.293 e. The molecule has 0 aliphatic carbocycles. The number of carbonyl (C=O) groups excluding carboxylic acids is 1. The number of carbonyl (C=O) groups is 1. The number of benzene rings is 3. The Labute approximate surface area is 176 Å². The Morgan fingerprint density at radius 1 is 0.839 bits per heavy atom. The highest BCUT2D eigenvalue weighted by atomic mass is 32.2. The average Bonchev–Trinajstić information content (AvgIpc) is 2.74. The summed E-state index contributed by atoms with van der Waals surface area (Å²) in [5.74, 6) is -0.912. The molecule has 0 atom stereocenters. The van der Waals surface area contributed by atoms with Crippen LogP contribution in [0.15, 0.2) is 76.5 Å². The van der Waals surface area contributed by atoms with Crippen molar-refractivity contribution in [1.29, 1.82) is 0 Å². The predicted molar refractivity (Wildman–Crippen MR) is 111 cm³/mol. The van der Waals surface area contributed by atoms with Crippen LogP contribution < -0.4 is 5.32 Å². The van der Waals surface area contributed by atoms with Gasteiger partial charge in [-0.2, -0.15) is 0 Å². The van der Waals surface area contributed by atoms with Crippen LogP contribution in [0.25, 0.3) is 0 Å². The van der Waals surface area contributed by atoms with E-state index in [-0.39, 0.29) is 16.9 Å². The summed E-state index contributed by atoms with van der Waals surface area (Å²) in [6.07, 6.45) is 0. The molecule has 0 heterocycles. The van der Waals surface area contributed by atoms with E-state index in [4.69, 9.17) is 0 Å². The van der Waals surface area contributed by atoms with Gasteiger partial charge in [0.05, 0.1) is 20.3 Å². The molecule has 3 aromatic rings. The summed E-state index contributed by atoms with van der Waals surface area (Å²) in [5.41, 5.74) is -0.808. The second-order valence-corrected chi connectivity index (χ2v) is 8.34. The monoisotopic (exact) mass is 441 g/mol. The summed E-state index contributed by atoms with van der Waals surface area (Å²) in [5, 5.41) is 24.9. The number of hydrogen-bond donors (Lipinski definition) is 1. The average molecular weight is 441 g/mol. The number of sulfone groups is 1. The van der Waals surface area contributed by atoms with Crippen molar-refractivity contribution >= 4 is 32.8 Å². The number of nitrogens with zero attached hydrogens (tertiary/aromatic N) is 2. The van der Waals surface area contributed by atoms with Crippen molar-refractivity contribution in [2.45, 2.75) is 16.7 Å². The van der Waals surface area contributed by atoms with Crippen LogP contribution in [0.1, 0.15) is 15.9 Å². The van der Waals surface area contributed by atoms with Gasteiger partial charge in [0, 0.05) is 12.1 Å². The summed E-state index contributed by atoms with van der Waals surface area (Å²) in [6, 6.07) is 14.1. The highest BCUT2D eigenvalue weighted by Gasteiger charge is 2.31. The molecule has 0 radical (unpaired) electrons. The Bertz CT molecular complexity index is 1320. The van der Waals surface area contributed by atoms with E-state index in [1.54, 1.807) is 13.0 Å². The van der Waals surface area contributed by atoms with Crippen molar-refractivity contribution in [2.24, 2.45) is 0 Å². The molecule has 0 bridgehead atoms. The molecule has 158 valence electrons. The summed E-state index contributed by atoms with van der Waals surface area (Å²) < 4.78 is 26.3. The molecule has 0 spiro atoms. The molecule has 0 saturated heterocycles. The van der Waals surface area contributed by atoms with Crippen molar-refractivity contribution in [3.8, 4) is 0 Å². The Balaban J connectivity index is 2.09. The number of hydrogen-bond acceptors (Lipinski definition) is 7. The lowest BCUT2D eigenvalue weighted by atomic mass is 10.1. The molecule has 10 nitrogen and oxygen atoms in total. The highest BCUT2D eigenvalue weighted by molar-refractivity contribution is 7.91. The normalized spacial score (nSPS) is 11.0. The molecule has 31 heavy (non-hydrogen) atoms. The first-order valence-corrected chi connectivity index (χ1v) is 10.2. The first kappa shape index (κ1) is 21.6. The molecular weight excluding hydrogens is 426 g/mol.